The lowest BCUT2D eigenvalue weighted by molar-refractivity contribution is -0.876. The van der Waals surface area contributed by atoms with Gasteiger partial charge in [-0.3, -0.25) is 4.79 Å². The Balaban J connectivity index is 2.10. The van der Waals surface area contributed by atoms with Gasteiger partial charge in [0.2, 0.25) is 5.78 Å². The lowest BCUT2D eigenvalue weighted by Crippen LogP contribution is -3.12. The molecule has 0 aromatic heterocycles. The highest BCUT2D eigenvalue weighted by atomic mass is 16.1. The number of carbonyl (C=O) groups is 1. The maximum Gasteiger partial charge on any atom is 0.220 e. The van der Waals surface area contributed by atoms with Crippen LogP contribution in [0.2, 0.25) is 0 Å². The number of quaternary nitrogens is 1. The van der Waals surface area contributed by atoms with E-state index in [1.54, 1.807) is 0 Å². The summed E-state index contributed by atoms with van der Waals surface area (Å²) in [5, 5.41) is 0. The molecular weight excluding hydrogens is 306 g/mol. The molecule has 0 aliphatic rings. The van der Waals surface area contributed by atoms with E-state index in [1.165, 1.54) is 11.1 Å². The fourth-order valence-corrected chi connectivity index (χ4v) is 3.43. The third-order valence-electron chi connectivity index (χ3n) is 4.61. The Bertz CT molecular complexity index is 758. The minimum absolute atomic E-state index is 0.0140. The second-order valence-corrected chi connectivity index (χ2v) is 6.58. The summed E-state index contributed by atoms with van der Waals surface area (Å²) < 4.78 is 0. The molecule has 1 atom stereocenters. The van der Waals surface area contributed by atoms with Crippen molar-refractivity contribution in [2.45, 2.75) is 12.0 Å². The lowest BCUT2D eigenvalue weighted by atomic mass is 9.81. The fourth-order valence-electron chi connectivity index (χ4n) is 3.43. The van der Waals surface area contributed by atoms with E-state index in [2.05, 4.69) is 38.4 Å². The Hall–Kier alpha value is -2.71. The zero-order chi connectivity index (χ0) is 17.6. The van der Waals surface area contributed by atoms with Gasteiger partial charge in [0.25, 0.3) is 0 Å². The van der Waals surface area contributed by atoms with Crippen LogP contribution in [0.4, 0.5) is 0 Å². The van der Waals surface area contributed by atoms with E-state index in [4.69, 9.17) is 0 Å². The van der Waals surface area contributed by atoms with Crippen molar-refractivity contribution >= 4 is 5.78 Å². The quantitative estimate of drug-likeness (QED) is 0.689. The number of carbonyl (C=O) groups excluding carboxylic acids is 1. The lowest BCUT2D eigenvalue weighted by Gasteiger charge is -2.29. The van der Waals surface area contributed by atoms with Crippen LogP contribution >= 0.6 is 0 Å². The van der Waals surface area contributed by atoms with Gasteiger partial charge >= 0.3 is 0 Å². The maximum absolute atomic E-state index is 13.4. The fraction of sp³-hybridized carbons (Fsp3) is 0.174. The van der Waals surface area contributed by atoms with E-state index in [0.29, 0.717) is 0 Å². The molecule has 25 heavy (non-hydrogen) atoms. The Kier molecular flexibility index (Phi) is 5.42. The molecule has 0 spiro atoms. The summed E-state index contributed by atoms with van der Waals surface area (Å²) in [6.45, 7) is 0. The summed E-state index contributed by atoms with van der Waals surface area (Å²) in [4.78, 5) is 14.5. The van der Waals surface area contributed by atoms with Crippen LogP contribution in [0.25, 0.3) is 0 Å². The molecule has 0 aliphatic carbocycles. The molecule has 0 aliphatic heterocycles. The Morgan fingerprint density at radius 3 is 1.48 bits per heavy atom. The highest BCUT2D eigenvalue weighted by Crippen LogP contribution is 2.28. The van der Waals surface area contributed by atoms with Gasteiger partial charge in [-0.2, -0.15) is 0 Å². The molecule has 0 fully saturated rings. The average Bonchev–Trinajstić information content (AvgIpc) is 2.67. The first kappa shape index (κ1) is 17.1. The summed E-state index contributed by atoms with van der Waals surface area (Å²) in [5.74, 6) is 0.193. The van der Waals surface area contributed by atoms with Gasteiger partial charge in [0, 0.05) is 5.56 Å². The molecule has 0 heterocycles. The zero-order valence-corrected chi connectivity index (χ0v) is 14.7. The van der Waals surface area contributed by atoms with Crippen molar-refractivity contribution in [2.75, 3.05) is 14.1 Å². The van der Waals surface area contributed by atoms with E-state index in [0.717, 1.165) is 10.5 Å². The SMILES string of the molecule is C[NH+](C)[C@H](C(=O)c1ccccc1)C(c1ccccc1)c1ccccc1. The van der Waals surface area contributed by atoms with E-state index >= 15 is 0 Å². The first-order chi connectivity index (χ1) is 12.2. The Morgan fingerprint density at radius 2 is 1.08 bits per heavy atom. The number of hydrogen-bond donors (Lipinski definition) is 1. The van der Waals surface area contributed by atoms with Crippen LogP contribution < -0.4 is 4.90 Å². The summed E-state index contributed by atoms with van der Waals surface area (Å²) >= 11 is 0. The molecule has 0 amide bonds. The number of Topliss-reactive ketones (excluding diaryl/α,β-unsaturated/α-hetero) is 1. The first-order valence-corrected chi connectivity index (χ1v) is 8.67. The largest absolute Gasteiger partial charge is 0.330 e. The first-order valence-electron chi connectivity index (χ1n) is 8.67. The molecule has 126 valence electrons. The second-order valence-electron chi connectivity index (χ2n) is 6.58. The molecule has 3 aromatic rings. The normalized spacial score (nSPS) is 12.3. The predicted octanol–water partition coefficient (Wildman–Crippen LogP) is 3.21. The van der Waals surface area contributed by atoms with Gasteiger partial charge in [0.1, 0.15) is 0 Å². The summed E-state index contributed by atoms with van der Waals surface area (Å²) in [7, 11) is 4.12. The van der Waals surface area contributed by atoms with Crippen molar-refractivity contribution in [3.05, 3.63) is 108 Å². The average molecular weight is 330 g/mol. The topological polar surface area (TPSA) is 21.5 Å². The smallest absolute Gasteiger partial charge is 0.220 e. The van der Waals surface area contributed by atoms with E-state index < -0.39 is 0 Å². The van der Waals surface area contributed by atoms with Gasteiger partial charge in [0.05, 0.1) is 20.0 Å². The number of likely N-dealkylation sites (N-methyl/N-ethyl adjacent to an activating group) is 1. The van der Waals surface area contributed by atoms with Crippen LogP contribution in [0.1, 0.15) is 27.4 Å². The summed E-state index contributed by atoms with van der Waals surface area (Å²) in [5.41, 5.74) is 3.11. The van der Waals surface area contributed by atoms with Crippen molar-refractivity contribution < 1.29 is 9.69 Å². The number of hydrogen-bond acceptors (Lipinski definition) is 1. The van der Waals surface area contributed by atoms with Gasteiger partial charge in [-0.25, -0.2) is 0 Å². The van der Waals surface area contributed by atoms with Crippen molar-refractivity contribution in [3.8, 4) is 0 Å². The highest BCUT2D eigenvalue weighted by molar-refractivity contribution is 6.00. The third-order valence-corrected chi connectivity index (χ3v) is 4.61. The minimum Gasteiger partial charge on any atom is -0.330 e. The van der Waals surface area contributed by atoms with Crippen molar-refractivity contribution in [1.82, 2.24) is 0 Å². The monoisotopic (exact) mass is 330 g/mol. The molecule has 3 aromatic carbocycles. The van der Waals surface area contributed by atoms with Gasteiger partial charge in [0.15, 0.2) is 6.04 Å². The van der Waals surface area contributed by atoms with Gasteiger partial charge in [-0.1, -0.05) is 91.0 Å². The summed E-state index contributed by atoms with van der Waals surface area (Å²) in [6, 6.07) is 30.1. The van der Waals surface area contributed by atoms with E-state index in [9.17, 15) is 4.79 Å². The standard InChI is InChI=1S/C23H23NO/c1-24(2)22(23(25)20-16-10-5-11-17-20)21(18-12-6-3-7-13-18)19-14-8-4-9-15-19/h3-17,21-22H,1-2H3/p+1/t22-/m0/s1. The van der Waals surface area contributed by atoms with Crippen LogP contribution in [0.15, 0.2) is 91.0 Å². The molecule has 3 rings (SSSR count). The van der Waals surface area contributed by atoms with Gasteiger partial charge < -0.3 is 4.90 Å². The van der Waals surface area contributed by atoms with Crippen molar-refractivity contribution in [3.63, 3.8) is 0 Å². The van der Waals surface area contributed by atoms with Crippen molar-refractivity contribution in [1.29, 1.82) is 0 Å². The van der Waals surface area contributed by atoms with Crippen LogP contribution in [0.5, 0.6) is 0 Å². The Labute approximate surface area is 149 Å². The molecule has 0 unspecified atom stereocenters. The van der Waals surface area contributed by atoms with Crippen LogP contribution in [0.3, 0.4) is 0 Å². The molecule has 0 radical (unpaired) electrons. The van der Waals surface area contributed by atoms with Crippen LogP contribution in [-0.4, -0.2) is 25.9 Å². The van der Waals surface area contributed by atoms with Gasteiger partial charge in [-0.05, 0) is 11.1 Å². The number of benzene rings is 3. The molecule has 2 nitrogen and oxygen atoms in total. The van der Waals surface area contributed by atoms with Crippen molar-refractivity contribution in [2.24, 2.45) is 0 Å². The van der Waals surface area contributed by atoms with Gasteiger partial charge in [-0.15, -0.1) is 0 Å². The predicted molar refractivity (Wildman–Crippen MR) is 102 cm³/mol. The summed E-state index contributed by atoms with van der Waals surface area (Å²) in [6.07, 6.45) is 0. The highest BCUT2D eigenvalue weighted by Gasteiger charge is 2.36. The zero-order valence-electron chi connectivity index (χ0n) is 14.7. The maximum atomic E-state index is 13.4. The molecule has 1 N–H and O–H groups in total. The Morgan fingerprint density at radius 1 is 0.680 bits per heavy atom. The molecule has 0 saturated carbocycles. The third kappa shape index (κ3) is 3.86. The molecule has 0 saturated heterocycles. The number of rotatable bonds is 6. The second kappa shape index (κ2) is 7.91. The number of nitrogens with one attached hydrogen (secondary N) is 1. The van der Waals surface area contributed by atoms with E-state index in [-0.39, 0.29) is 17.7 Å². The van der Waals surface area contributed by atoms with Crippen LogP contribution in [0, 0.1) is 0 Å². The minimum atomic E-state index is -0.188. The van der Waals surface area contributed by atoms with Crippen LogP contribution in [-0.2, 0) is 0 Å². The van der Waals surface area contributed by atoms with E-state index in [1.807, 2.05) is 66.7 Å². The molecular formula is C23H24NO+. The molecule has 0 bridgehead atoms. The number of ketones is 1. The molecule has 2 heteroatoms.